The Kier molecular flexibility index (Phi) is 3.78. The van der Waals surface area contributed by atoms with Crippen LogP contribution in [0.25, 0.3) is 11.0 Å². The van der Waals surface area contributed by atoms with E-state index < -0.39 is 0 Å². The van der Waals surface area contributed by atoms with Crippen molar-refractivity contribution in [1.82, 2.24) is 15.2 Å². The maximum absolute atomic E-state index is 12.6. The van der Waals surface area contributed by atoms with Crippen LogP contribution in [-0.2, 0) is 11.8 Å². The SMILES string of the molecule is CC(C)(C)c1ccc(Cc2cc(=O)c3c(C4CCC4)[nH]nc3[nH]2)cc1. The molecule has 25 heavy (non-hydrogen) atoms. The Morgan fingerprint density at radius 1 is 1.16 bits per heavy atom. The van der Waals surface area contributed by atoms with E-state index >= 15 is 0 Å². The zero-order chi connectivity index (χ0) is 17.6. The molecular weight excluding hydrogens is 310 g/mol. The molecule has 4 heteroatoms. The Morgan fingerprint density at radius 3 is 2.48 bits per heavy atom. The van der Waals surface area contributed by atoms with E-state index in [2.05, 4.69) is 60.2 Å². The average molecular weight is 335 g/mol. The molecule has 1 aliphatic rings. The van der Waals surface area contributed by atoms with Crippen molar-refractivity contribution in [2.45, 2.75) is 57.8 Å². The fourth-order valence-electron chi connectivity index (χ4n) is 3.54. The Labute approximate surface area is 147 Å². The number of benzene rings is 1. The summed E-state index contributed by atoms with van der Waals surface area (Å²) in [5.74, 6) is 0.474. The van der Waals surface area contributed by atoms with Crippen LogP contribution in [0.4, 0.5) is 0 Å². The summed E-state index contributed by atoms with van der Waals surface area (Å²) in [6.07, 6.45) is 4.25. The van der Waals surface area contributed by atoms with Gasteiger partial charge in [-0.1, -0.05) is 51.5 Å². The van der Waals surface area contributed by atoms with Gasteiger partial charge in [0.15, 0.2) is 11.1 Å². The average Bonchev–Trinajstić information content (AvgIpc) is 2.89. The van der Waals surface area contributed by atoms with E-state index in [0.717, 1.165) is 29.6 Å². The minimum Gasteiger partial charge on any atom is -0.341 e. The number of hydrogen-bond acceptors (Lipinski definition) is 2. The summed E-state index contributed by atoms with van der Waals surface area (Å²) in [5.41, 5.74) is 5.35. The van der Waals surface area contributed by atoms with Crippen molar-refractivity contribution in [3.05, 3.63) is 63.1 Å². The molecule has 130 valence electrons. The lowest BCUT2D eigenvalue weighted by Crippen LogP contribution is -2.13. The number of pyridine rings is 1. The molecule has 1 aliphatic carbocycles. The van der Waals surface area contributed by atoms with Crippen LogP contribution in [0, 0.1) is 0 Å². The van der Waals surface area contributed by atoms with Crippen LogP contribution in [0.15, 0.2) is 35.1 Å². The number of aromatic amines is 2. The van der Waals surface area contributed by atoms with Crippen molar-refractivity contribution in [2.75, 3.05) is 0 Å². The molecule has 0 spiro atoms. The van der Waals surface area contributed by atoms with E-state index in [-0.39, 0.29) is 10.8 Å². The van der Waals surface area contributed by atoms with Gasteiger partial charge < -0.3 is 4.98 Å². The molecule has 0 aliphatic heterocycles. The van der Waals surface area contributed by atoms with Gasteiger partial charge >= 0.3 is 0 Å². The summed E-state index contributed by atoms with van der Waals surface area (Å²) in [6.45, 7) is 6.64. The third kappa shape index (κ3) is 3.01. The van der Waals surface area contributed by atoms with E-state index in [4.69, 9.17) is 0 Å². The minimum absolute atomic E-state index is 0.0747. The highest BCUT2D eigenvalue weighted by atomic mass is 16.1. The van der Waals surface area contributed by atoms with Crippen molar-refractivity contribution in [3.8, 4) is 0 Å². The molecule has 1 fully saturated rings. The number of hydrogen-bond donors (Lipinski definition) is 2. The Morgan fingerprint density at radius 2 is 1.88 bits per heavy atom. The largest absolute Gasteiger partial charge is 0.341 e. The first-order valence-corrected chi connectivity index (χ1v) is 9.11. The number of nitrogens with one attached hydrogen (secondary N) is 2. The van der Waals surface area contributed by atoms with Gasteiger partial charge in [0.2, 0.25) is 0 Å². The van der Waals surface area contributed by atoms with E-state index in [1.54, 1.807) is 6.07 Å². The van der Waals surface area contributed by atoms with Gasteiger partial charge in [-0.3, -0.25) is 9.89 Å². The number of nitrogens with zero attached hydrogens (tertiary/aromatic N) is 1. The standard InChI is InChI=1S/C21H25N3O/c1-21(2,3)15-9-7-13(8-10-15)11-16-12-17(25)18-19(14-5-4-6-14)23-24-20(18)22-16/h7-10,12,14H,4-6,11H2,1-3H3,(H2,22,23,24,25). The smallest absolute Gasteiger partial charge is 0.193 e. The molecule has 0 bridgehead atoms. The summed E-state index contributed by atoms with van der Waals surface area (Å²) in [7, 11) is 0. The Balaban J connectivity index is 1.63. The van der Waals surface area contributed by atoms with Crippen LogP contribution in [0.3, 0.4) is 0 Å². The predicted octanol–water partition coefficient (Wildman–Crippen LogP) is 4.41. The summed E-state index contributed by atoms with van der Waals surface area (Å²) in [4.78, 5) is 16.0. The third-order valence-corrected chi connectivity index (χ3v) is 5.35. The molecule has 0 saturated heterocycles. The molecule has 2 heterocycles. The molecule has 3 aromatic rings. The maximum Gasteiger partial charge on any atom is 0.193 e. The van der Waals surface area contributed by atoms with Crippen molar-refractivity contribution in [3.63, 3.8) is 0 Å². The first-order valence-electron chi connectivity index (χ1n) is 9.11. The first kappa shape index (κ1) is 16.1. The fourth-order valence-corrected chi connectivity index (χ4v) is 3.54. The van der Waals surface area contributed by atoms with Crippen LogP contribution in [0.5, 0.6) is 0 Å². The topological polar surface area (TPSA) is 61.5 Å². The number of rotatable bonds is 3. The second-order valence-electron chi connectivity index (χ2n) is 8.27. The summed E-state index contributed by atoms with van der Waals surface area (Å²) >= 11 is 0. The highest BCUT2D eigenvalue weighted by Gasteiger charge is 2.25. The van der Waals surface area contributed by atoms with Crippen molar-refractivity contribution >= 4 is 11.0 Å². The van der Waals surface area contributed by atoms with Crippen LogP contribution in [-0.4, -0.2) is 15.2 Å². The second-order valence-corrected chi connectivity index (χ2v) is 8.27. The molecule has 1 aromatic carbocycles. The molecular formula is C21H25N3O. The molecule has 0 radical (unpaired) electrons. The molecule has 2 N–H and O–H groups in total. The van der Waals surface area contributed by atoms with Crippen LogP contribution in [0.1, 0.15) is 68.5 Å². The lowest BCUT2D eigenvalue weighted by molar-refractivity contribution is 0.413. The van der Waals surface area contributed by atoms with Gasteiger partial charge in [0, 0.05) is 24.1 Å². The maximum atomic E-state index is 12.6. The van der Waals surface area contributed by atoms with Crippen LogP contribution >= 0.6 is 0 Å². The summed E-state index contributed by atoms with van der Waals surface area (Å²) < 4.78 is 0. The van der Waals surface area contributed by atoms with E-state index in [1.165, 1.54) is 17.5 Å². The molecule has 4 nitrogen and oxygen atoms in total. The Hall–Kier alpha value is -2.36. The van der Waals surface area contributed by atoms with Crippen molar-refractivity contribution in [2.24, 2.45) is 0 Å². The zero-order valence-corrected chi connectivity index (χ0v) is 15.1. The van der Waals surface area contributed by atoms with Crippen LogP contribution in [0.2, 0.25) is 0 Å². The Bertz CT molecular complexity index is 953. The summed E-state index contributed by atoms with van der Waals surface area (Å²) in [5, 5.41) is 8.19. The van der Waals surface area contributed by atoms with E-state index in [9.17, 15) is 4.79 Å². The van der Waals surface area contributed by atoms with Gasteiger partial charge in [-0.25, -0.2) is 0 Å². The van der Waals surface area contributed by atoms with E-state index in [1.807, 2.05) is 0 Å². The van der Waals surface area contributed by atoms with Crippen molar-refractivity contribution in [1.29, 1.82) is 0 Å². The molecule has 2 aromatic heterocycles. The van der Waals surface area contributed by atoms with Gasteiger partial charge in [0.25, 0.3) is 0 Å². The van der Waals surface area contributed by atoms with Gasteiger partial charge in [-0.15, -0.1) is 0 Å². The molecule has 0 atom stereocenters. The van der Waals surface area contributed by atoms with Crippen LogP contribution < -0.4 is 5.43 Å². The van der Waals surface area contributed by atoms with Gasteiger partial charge in [0.1, 0.15) is 0 Å². The number of H-pyrrole nitrogens is 2. The predicted molar refractivity (Wildman–Crippen MR) is 101 cm³/mol. The normalized spacial score (nSPS) is 15.5. The molecule has 0 amide bonds. The second kappa shape index (κ2) is 5.87. The molecule has 1 saturated carbocycles. The lowest BCUT2D eigenvalue weighted by Gasteiger charge is -2.23. The highest BCUT2D eigenvalue weighted by molar-refractivity contribution is 5.78. The lowest BCUT2D eigenvalue weighted by atomic mass is 9.82. The van der Waals surface area contributed by atoms with Gasteiger partial charge in [0.05, 0.1) is 11.1 Å². The molecule has 4 rings (SSSR count). The molecule has 0 unspecified atom stereocenters. The fraction of sp³-hybridized carbons (Fsp3) is 0.429. The van der Waals surface area contributed by atoms with Crippen molar-refractivity contribution < 1.29 is 0 Å². The third-order valence-electron chi connectivity index (χ3n) is 5.35. The van der Waals surface area contributed by atoms with E-state index in [0.29, 0.717) is 18.0 Å². The zero-order valence-electron chi connectivity index (χ0n) is 15.1. The quantitative estimate of drug-likeness (QED) is 0.745. The highest BCUT2D eigenvalue weighted by Crippen LogP contribution is 2.37. The first-order chi connectivity index (χ1) is 11.9. The van der Waals surface area contributed by atoms with Gasteiger partial charge in [-0.05, 0) is 29.4 Å². The number of fused-ring (bicyclic) bond motifs is 1. The minimum atomic E-state index is 0.0747. The van der Waals surface area contributed by atoms with Gasteiger partial charge in [-0.2, -0.15) is 5.10 Å². The summed E-state index contributed by atoms with van der Waals surface area (Å²) in [6, 6.07) is 10.4. The number of aromatic nitrogens is 3. The monoisotopic (exact) mass is 335 g/mol.